The Hall–Kier alpha value is -2.33. The van der Waals surface area contributed by atoms with Gasteiger partial charge in [0.15, 0.2) is 0 Å². The summed E-state index contributed by atoms with van der Waals surface area (Å²) in [6.45, 7) is 3.54. The van der Waals surface area contributed by atoms with Gasteiger partial charge in [-0.05, 0) is 50.3 Å². The standard InChI is InChI=1S/C18H22N2O2/c1-13-7-8-17(16(9-13)12-20(2)3)19-11-14-5-4-6-15(10-14)18(21)22/h4-10,19H,11-12H2,1-3H3,(H,21,22). The maximum absolute atomic E-state index is 11.0. The SMILES string of the molecule is Cc1ccc(NCc2cccc(C(=O)O)c2)c(CN(C)C)c1. The monoisotopic (exact) mass is 298 g/mol. The number of carboxylic acid groups (broad SMARTS) is 1. The van der Waals surface area contributed by atoms with E-state index in [9.17, 15) is 4.79 Å². The van der Waals surface area contributed by atoms with E-state index in [1.54, 1.807) is 18.2 Å². The van der Waals surface area contributed by atoms with Crippen LogP contribution in [0.2, 0.25) is 0 Å². The van der Waals surface area contributed by atoms with Crippen LogP contribution in [0.5, 0.6) is 0 Å². The van der Waals surface area contributed by atoms with Gasteiger partial charge in [0.2, 0.25) is 0 Å². The molecule has 0 unspecified atom stereocenters. The predicted molar refractivity (Wildman–Crippen MR) is 89.3 cm³/mol. The van der Waals surface area contributed by atoms with Gasteiger partial charge in [-0.15, -0.1) is 0 Å². The first-order chi connectivity index (χ1) is 10.5. The lowest BCUT2D eigenvalue weighted by atomic mass is 10.1. The quantitative estimate of drug-likeness (QED) is 0.858. The van der Waals surface area contributed by atoms with Gasteiger partial charge >= 0.3 is 5.97 Å². The fourth-order valence-electron chi connectivity index (χ4n) is 2.38. The molecule has 2 N–H and O–H groups in total. The third-order valence-corrected chi connectivity index (χ3v) is 3.40. The van der Waals surface area contributed by atoms with E-state index >= 15 is 0 Å². The summed E-state index contributed by atoms with van der Waals surface area (Å²) >= 11 is 0. The van der Waals surface area contributed by atoms with Crippen LogP contribution in [-0.2, 0) is 13.1 Å². The van der Waals surface area contributed by atoms with Crippen LogP contribution in [-0.4, -0.2) is 30.1 Å². The Bertz CT molecular complexity index is 666. The lowest BCUT2D eigenvalue weighted by molar-refractivity contribution is 0.0697. The van der Waals surface area contributed by atoms with Gasteiger partial charge < -0.3 is 15.3 Å². The number of carboxylic acids is 1. The lowest BCUT2D eigenvalue weighted by Gasteiger charge is -2.16. The van der Waals surface area contributed by atoms with Crippen LogP contribution in [0.15, 0.2) is 42.5 Å². The molecule has 0 aromatic heterocycles. The summed E-state index contributed by atoms with van der Waals surface area (Å²) in [5.74, 6) is -0.898. The van der Waals surface area contributed by atoms with Crippen LogP contribution in [0.1, 0.15) is 27.0 Å². The fourth-order valence-corrected chi connectivity index (χ4v) is 2.38. The number of carbonyl (C=O) groups is 1. The van der Waals surface area contributed by atoms with Crippen LogP contribution >= 0.6 is 0 Å². The van der Waals surface area contributed by atoms with Crippen molar-refractivity contribution in [3.05, 3.63) is 64.7 Å². The maximum Gasteiger partial charge on any atom is 0.335 e. The molecule has 2 rings (SSSR count). The zero-order chi connectivity index (χ0) is 16.1. The second-order valence-electron chi connectivity index (χ2n) is 5.76. The van der Waals surface area contributed by atoms with Crippen molar-refractivity contribution < 1.29 is 9.90 Å². The Morgan fingerprint density at radius 2 is 1.95 bits per heavy atom. The van der Waals surface area contributed by atoms with Gasteiger partial charge in [-0.2, -0.15) is 0 Å². The molecule has 0 saturated heterocycles. The molecular weight excluding hydrogens is 276 g/mol. The molecule has 2 aromatic rings. The van der Waals surface area contributed by atoms with Crippen LogP contribution in [0.25, 0.3) is 0 Å². The Kier molecular flexibility index (Phi) is 5.17. The summed E-state index contributed by atoms with van der Waals surface area (Å²) in [7, 11) is 4.09. The molecule has 0 atom stereocenters. The van der Waals surface area contributed by atoms with E-state index in [0.29, 0.717) is 12.1 Å². The number of aryl methyl sites for hydroxylation is 1. The van der Waals surface area contributed by atoms with Gasteiger partial charge in [0.1, 0.15) is 0 Å². The highest BCUT2D eigenvalue weighted by atomic mass is 16.4. The zero-order valence-corrected chi connectivity index (χ0v) is 13.3. The van der Waals surface area contributed by atoms with E-state index in [4.69, 9.17) is 5.11 Å². The van der Waals surface area contributed by atoms with Crippen molar-refractivity contribution in [3.63, 3.8) is 0 Å². The molecule has 0 fully saturated rings. The smallest absolute Gasteiger partial charge is 0.335 e. The summed E-state index contributed by atoms with van der Waals surface area (Å²) < 4.78 is 0. The molecule has 4 heteroatoms. The molecule has 0 aliphatic heterocycles. The van der Waals surface area contributed by atoms with Crippen molar-refractivity contribution in [2.75, 3.05) is 19.4 Å². The topological polar surface area (TPSA) is 52.6 Å². The number of nitrogens with one attached hydrogen (secondary N) is 1. The van der Waals surface area contributed by atoms with Gasteiger partial charge in [-0.25, -0.2) is 4.79 Å². The number of hydrogen-bond donors (Lipinski definition) is 2. The normalized spacial score (nSPS) is 10.7. The van der Waals surface area contributed by atoms with Crippen molar-refractivity contribution in [2.24, 2.45) is 0 Å². The second-order valence-corrected chi connectivity index (χ2v) is 5.76. The second kappa shape index (κ2) is 7.09. The van der Waals surface area contributed by atoms with Gasteiger partial charge in [0.25, 0.3) is 0 Å². The van der Waals surface area contributed by atoms with Crippen molar-refractivity contribution in [3.8, 4) is 0 Å². The third-order valence-electron chi connectivity index (χ3n) is 3.40. The molecule has 4 nitrogen and oxygen atoms in total. The molecule has 0 spiro atoms. The van der Waals surface area contributed by atoms with E-state index in [0.717, 1.165) is 17.8 Å². The summed E-state index contributed by atoms with van der Waals surface area (Å²) in [6, 6.07) is 13.3. The molecule has 22 heavy (non-hydrogen) atoms. The molecule has 0 amide bonds. The molecule has 0 bridgehead atoms. The summed E-state index contributed by atoms with van der Waals surface area (Å²) in [4.78, 5) is 13.1. The zero-order valence-electron chi connectivity index (χ0n) is 13.3. The minimum Gasteiger partial charge on any atom is -0.478 e. The maximum atomic E-state index is 11.0. The number of rotatable bonds is 6. The molecule has 2 aromatic carbocycles. The van der Waals surface area contributed by atoms with Crippen LogP contribution in [0, 0.1) is 6.92 Å². The fraction of sp³-hybridized carbons (Fsp3) is 0.278. The van der Waals surface area contributed by atoms with E-state index in [1.165, 1.54) is 11.1 Å². The van der Waals surface area contributed by atoms with E-state index < -0.39 is 5.97 Å². The van der Waals surface area contributed by atoms with Crippen LogP contribution < -0.4 is 5.32 Å². The molecule has 0 saturated carbocycles. The first-order valence-corrected chi connectivity index (χ1v) is 7.26. The summed E-state index contributed by atoms with van der Waals surface area (Å²) in [5, 5.41) is 12.5. The van der Waals surface area contributed by atoms with Crippen molar-refractivity contribution in [1.82, 2.24) is 4.90 Å². The Labute approximate surface area is 131 Å². The van der Waals surface area contributed by atoms with E-state index in [1.807, 2.05) is 20.2 Å². The molecule has 0 heterocycles. The predicted octanol–water partition coefficient (Wildman–Crippen LogP) is 3.37. The highest BCUT2D eigenvalue weighted by Crippen LogP contribution is 2.20. The first-order valence-electron chi connectivity index (χ1n) is 7.26. The van der Waals surface area contributed by atoms with E-state index in [2.05, 4.69) is 35.3 Å². The average molecular weight is 298 g/mol. The van der Waals surface area contributed by atoms with Crippen molar-refractivity contribution in [2.45, 2.75) is 20.0 Å². The van der Waals surface area contributed by atoms with Gasteiger partial charge in [-0.3, -0.25) is 0 Å². The highest BCUT2D eigenvalue weighted by molar-refractivity contribution is 5.87. The number of nitrogens with zero attached hydrogens (tertiary/aromatic N) is 1. The Balaban J connectivity index is 2.14. The Morgan fingerprint density at radius 1 is 1.18 bits per heavy atom. The largest absolute Gasteiger partial charge is 0.478 e. The first kappa shape index (κ1) is 16.0. The number of hydrogen-bond acceptors (Lipinski definition) is 3. The average Bonchev–Trinajstić information content (AvgIpc) is 2.46. The summed E-state index contributed by atoms with van der Waals surface area (Å²) in [5.41, 5.74) is 4.82. The van der Waals surface area contributed by atoms with Crippen molar-refractivity contribution >= 4 is 11.7 Å². The minimum absolute atomic E-state index is 0.316. The van der Waals surface area contributed by atoms with Crippen LogP contribution in [0.3, 0.4) is 0 Å². The minimum atomic E-state index is -0.898. The third kappa shape index (κ3) is 4.33. The number of aromatic carboxylic acids is 1. The molecular formula is C18H22N2O2. The number of benzene rings is 2. The molecule has 0 aliphatic carbocycles. The van der Waals surface area contributed by atoms with Gasteiger partial charge in [0, 0.05) is 18.8 Å². The molecule has 0 aliphatic rings. The Morgan fingerprint density at radius 3 is 2.64 bits per heavy atom. The molecule has 0 radical (unpaired) electrons. The lowest BCUT2D eigenvalue weighted by Crippen LogP contribution is -2.13. The van der Waals surface area contributed by atoms with Crippen molar-refractivity contribution in [1.29, 1.82) is 0 Å². The molecule has 116 valence electrons. The van der Waals surface area contributed by atoms with Gasteiger partial charge in [0.05, 0.1) is 5.56 Å². The number of anilines is 1. The van der Waals surface area contributed by atoms with E-state index in [-0.39, 0.29) is 0 Å². The van der Waals surface area contributed by atoms with Gasteiger partial charge in [-0.1, -0.05) is 29.8 Å². The highest BCUT2D eigenvalue weighted by Gasteiger charge is 2.06. The van der Waals surface area contributed by atoms with Crippen LogP contribution in [0.4, 0.5) is 5.69 Å². The summed E-state index contributed by atoms with van der Waals surface area (Å²) in [6.07, 6.45) is 0.